The van der Waals surface area contributed by atoms with Crippen LogP contribution in [0.1, 0.15) is 18.2 Å². The molecule has 1 aromatic heterocycles. The molecule has 1 aliphatic rings. The summed E-state index contributed by atoms with van der Waals surface area (Å²) in [4.78, 5) is 5.45. The van der Waals surface area contributed by atoms with Crippen LogP contribution >= 0.6 is 34.9 Å². The third-order valence-electron chi connectivity index (χ3n) is 3.01. The number of thiazole rings is 1. The standard InChI is InChI=1S/C11H19N3S3/c1-2-10-11(16-4-3-15-10)9(14-12)5-8-6-13-7-17-8/h6-7,9-11,14H,2-5,12H2,1H3. The van der Waals surface area contributed by atoms with E-state index in [4.69, 9.17) is 5.84 Å². The molecule has 3 N–H and O–H groups in total. The molecule has 0 saturated carbocycles. The monoisotopic (exact) mass is 289 g/mol. The molecule has 2 heterocycles. The highest BCUT2D eigenvalue weighted by Gasteiger charge is 2.31. The zero-order valence-corrected chi connectivity index (χ0v) is 12.4. The molecule has 1 aromatic rings. The fourth-order valence-electron chi connectivity index (χ4n) is 2.14. The first-order valence-electron chi connectivity index (χ1n) is 5.91. The average Bonchev–Trinajstić information content (AvgIpc) is 2.89. The fourth-order valence-corrected chi connectivity index (χ4v) is 6.04. The second kappa shape index (κ2) is 6.99. The second-order valence-electron chi connectivity index (χ2n) is 4.10. The molecule has 96 valence electrons. The summed E-state index contributed by atoms with van der Waals surface area (Å²) in [6.07, 6.45) is 4.18. The summed E-state index contributed by atoms with van der Waals surface area (Å²) in [6, 6.07) is 0.359. The highest BCUT2D eigenvalue weighted by atomic mass is 32.2. The summed E-state index contributed by atoms with van der Waals surface area (Å²) in [5, 5.41) is 1.34. The molecule has 17 heavy (non-hydrogen) atoms. The smallest absolute Gasteiger partial charge is 0.0794 e. The number of nitrogens with one attached hydrogen (secondary N) is 1. The number of rotatable bonds is 5. The first-order valence-corrected chi connectivity index (χ1v) is 8.89. The SMILES string of the molecule is CCC1SCCSC1C(Cc1cncs1)NN. The van der Waals surface area contributed by atoms with Crippen LogP contribution in [0.3, 0.4) is 0 Å². The van der Waals surface area contributed by atoms with E-state index >= 15 is 0 Å². The van der Waals surface area contributed by atoms with Crippen LogP contribution in [0.4, 0.5) is 0 Å². The van der Waals surface area contributed by atoms with E-state index in [-0.39, 0.29) is 0 Å². The molecule has 0 aromatic carbocycles. The molecule has 1 fully saturated rings. The van der Waals surface area contributed by atoms with Gasteiger partial charge < -0.3 is 0 Å². The lowest BCUT2D eigenvalue weighted by atomic mass is 10.1. The highest BCUT2D eigenvalue weighted by molar-refractivity contribution is 8.07. The van der Waals surface area contributed by atoms with Crippen molar-refractivity contribution in [3.8, 4) is 0 Å². The normalized spacial score (nSPS) is 26.9. The van der Waals surface area contributed by atoms with Gasteiger partial charge in [-0.25, -0.2) is 0 Å². The van der Waals surface area contributed by atoms with Crippen molar-refractivity contribution in [3.05, 3.63) is 16.6 Å². The summed E-state index contributed by atoms with van der Waals surface area (Å²) in [6.45, 7) is 2.27. The summed E-state index contributed by atoms with van der Waals surface area (Å²) >= 11 is 5.89. The van der Waals surface area contributed by atoms with Crippen LogP contribution in [-0.4, -0.2) is 33.0 Å². The molecule has 0 aliphatic carbocycles. The van der Waals surface area contributed by atoms with Crippen molar-refractivity contribution in [2.75, 3.05) is 11.5 Å². The van der Waals surface area contributed by atoms with E-state index in [1.807, 2.05) is 11.7 Å². The van der Waals surface area contributed by atoms with Gasteiger partial charge in [0.2, 0.25) is 0 Å². The summed E-state index contributed by atoms with van der Waals surface area (Å²) < 4.78 is 0. The lowest BCUT2D eigenvalue weighted by molar-refractivity contribution is 0.493. The lowest BCUT2D eigenvalue weighted by Gasteiger charge is -2.35. The van der Waals surface area contributed by atoms with Gasteiger partial charge in [-0.15, -0.1) is 11.3 Å². The van der Waals surface area contributed by atoms with Gasteiger partial charge >= 0.3 is 0 Å². The van der Waals surface area contributed by atoms with Crippen LogP contribution in [-0.2, 0) is 6.42 Å². The Hall–Kier alpha value is 0.250. The number of nitrogens with two attached hydrogens (primary N) is 1. The number of hydrogen-bond donors (Lipinski definition) is 2. The third-order valence-corrected chi connectivity index (χ3v) is 7.22. The molecule has 6 heteroatoms. The van der Waals surface area contributed by atoms with Gasteiger partial charge in [0.15, 0.2) is 0 Å². The van der Waals surface area contributed by atoms with Gasteiger partial charge in [-0.1, -0.05) is 6.92 Å². The predicted octanol–water partition coefficient (Wildman–Crippen LogP) is 2.14. The molecule has 0 spiro atoms. The van der Waals surface area contributed by atoms with Crippen LogP contribution in [0, 0.1) is 0 Å². The maximum absolute atomic E-state index is 5.75. The zero-order valence-electron chi connectivity index (χ0n) is 9.96. The Morgan fingerprint density at radius 2 is 2.35 bits per heavy atom. The fraction of sp³-hybridized carbons (Fsp3) is 0.727. The number of thioether (sulfide) groups is 2. The number of aromatic nitrogens is 1. The van der Waals surface area contributed by atoms with Crippen molar-refractivity contribution in [2.45, 2.75) is 36.3 Å². The van der Waals surface area contributed by atoms with Gasteiger partial charge in [0.1, 0.15) is 0 Å². The lowest BCUT2D eigenvalue weighted by Crippen LogP contribution is -2.49. The Labute approximate surface area is 115 Å². The molecule has 3 atom stereocenters. The van der Waals surface area contributed by atoms with E-state index in [9.17, 15) is 0 Å². The second-order valence-corrected chi connectivity index (χ2v) is 7.70. The van der Waals surface area contributed by atoms with E-state index in [2.05, 4.69) is 40.9 Å². The van der Waals surface area contributed by atoms with Gasteiger partial charge in [0, 0.05) is 45.5 Å². The predicted molar refractivity (Wildman–Crippen MR) is 79.7 cm³/mol. The minimum absolute atomic E-state index is 0.359. The van der Waals surface area contributed by atoms with E-state index in [0.717, 1.165) is 11.7 Å². The van der Waals surface area contributed by atoms with E-state index in [1.54, 1.807) is 11.3 Å². The first-order chi connectivity index (χ1) is 8.35. The summed E-state index contributed by atoms with van der Waals surface area (Å²) in [5.41, 5.74) is 4.91. The van der Waals surface area contributed by atoms with Gasteiger partial charge in [0.25, 0.3) is 0 Å². The molecule has 0 bridgehead atoms. The van der Waals surface area contributed by atoms with Gasteiger partial charge in [0.05, 0.1) is 5.51 Å². The molecule has 0 radical (unpaired) electrons. The molecular formula is C11H19N3S3. The summed E-state index contributed by atoms with van der Waals surface area (Å²) in [7, 11) is 0. The Morgan fingerprint density at radius 3 is 3.00 bits per heavy atom. The van der Waals surface area contributed by atoms with E-state index < -0.39 is 0 Å². The number of hydrazine groups is 1. The van der Waals surface area contributed by atoms with Crippen molar-refractivity contribution >= 4 is 34.9 Å². The number of nitrogens with zero attached hydrogens (tertiary/aromatic N) is 1. The van der Waals surface area contributed by atoms with Gasteiger partial charge in [-0.05, 0) is 6.42 Å². The molecule has 1 aliphatic heterocycles. The largest absolute Gasteiger partial charge is 0.271 e. The quantitative estimate of drug-likeness (QED) is 0.642. The summed E-state index contributed by atoms with van der Waals surface area (Å²) in [5.74, 6) is 8.27. The van der Waals surface area contributed by atoms with Crippen LogP contribution in [0.25, 0.3) is 0 Å². The van der Waals surface area contributed by atoms with E-state index in [1.165, 1.54) is 22.8 Å². The topological polar surface area (TPSA) is 50.9 Å². The Morgan fingerprint density at radius 1 is 1.53 bits per heavy atom. The van der Waals surface area contributed by atoms with Crippen molar-refractivity contribution in [1.82, 2.24) is 10.4 Å². The van der Waals surface area contributed by atoms with E-state index in [0.29, 0.717) is 11.3 Å². The van der Waals surface area contributed by atoms with Crippen LogP contribution in [0.15, 0.2) is 11.7 Å². The first kappa shape index (κ1) is 13.7. The minimum atomic E-state index is 0.359. The van der Waals surface area contributed by atoms with Gasteiger partial charge in [-0.2, -0.15) is 23.5 Å². The van der Waals surface area contributed by atoms with Crippen LogP contribution < -0.4 is 11.3 Å². The highest BCUT2D eigenvalue weighted by Crippen LogP contribution is 2.36. The van der Waals surface area contributed by atoms with Crippen LogP contribution in [0.2, 0.25) is 0 Å². The van der Waals surface area contributed by atoms with Crippen molar-refractivity contribution in [1.29, 1.82) is 0 Å². The Bertz CT molecular complexity index is 318. The van der Waals surface area contributed by atoms with Crippen molar-refractivity contribution in [2.24, 2.45) is 5.84 Å². The van der Waals surface area contributed by atoms with Crippen LogP contribution in [0.5, 0.6) is 0 Å². The Balaban J connectivity index is 2.00. The molecule has 0 amide bonds. The molecule has 1 saturated heterocycles. The van der Waals surface area contributed by atoms with Crippen molar-refractivity contribution < 1.29 is 0 Å². The number of hydrogen-bond acceptors (Lipinski definition) is 6. The maximum Gasteiger partial charge on any atom is 0.0794 e. The zero-order chi connectivity index (χ0) is 12.1. The molecule has 2 rings (SSSR count). The maximum atomic E-state index is 5.75. The average molecular weight is 289 g/mol. The third kappa shape index (κ3) is 3.61. The molecular weight excluding hydrogens is 270 g/mol. The Kier molecular flexibility index (Phi) is 5.62. The van der Waals surface area contributed by atoms with Crippen molar-refractivity contribution in [3.63, 3.8) is 0 Å². The molecule has 3 nitrogen and oxygen atoms in total. The molecule has 3 unspecified atom stereocenters. The minimum Gasteiger partial charge on any atom is -0.271 e. The van der Waals surface area contributed by atoms with Gasteiger partial charge in [-0.3, -0.25) is 16.3 Å².